The summed E-state index contributed by atoms with van der Waals surface area (Å²) in [4.78, 5) is 65.5. The molecular weight excluding hydrogens is 626 g/mol. The molecule has 2 amide bonds. The number of nitrogens with two attached hydrogens (primary N) is 2. The standard InChI is InChI=1S/C19H35N8O8.Gd/c20-22-15(28)2-1-14(19(35)23-21)27-9-7-25(12-17(31)32)5-3-24(11-16(29)30)4-6-26(8-10-27)13-18(33)34;/h1-13,20-21H2,(H,22,28)(H,23,35)(H,29,30)(H,31,32)(H,33,34);. The second kappa shape index (κ2) is 16.3. The van der Waals surface area contributed by atoms with Gasteiger partial charge in [0.1, 0.15) is 0 Å². The van der Waals surface area contributed by atoms with E-state index in [2.05, 4.69) is 5.43 Å². The molecule has 207 valence electrons. The number of hydrazine groups is 2. The predicted molar refractivity (Wildman–Crippen MR) is 120 cm³/mol. The first-order chi connectivity index (χ1) is 16.9. The van der Waals surface area contributed by atoms with E-state index < -0.39 is 31.0 Å². The van der Waals surface area contributed by atoms with Crippen LogP contribution in [0.1, 0.15) is 12.8 Å². The van der Waals surface area contributed by atoms with E-state index in [1.165, 1.54) is 37.9 Å². The van der Waals surface area contributed by atoms with Gasteiger partial charge in [0.2, 0.25) is 0 Å². The van der Waals surface area contributed by atoms with Crippen LogP contribution in [-0.4, -0.2) is 138 Å². The van der Waals surface area contributed by atoms with Gasteiger partial charge >= 0.3 is 235 Å². The fourth-order valence-corrected chi connectivity index (χ4v) is 4.76. The summed E-state index contributed by atoms with van der Waals surface area (Å²) in [7, 11) is 0. The van der Waals surface area contributed by atoms with Crippen molar-refractivity contribution in [2.75, 3.05) is 72.0 Å². The Labute approximate surface area is 234 Å². The molecule has 36 heavy (non-hydrogen) atoms. The molecule has 0 radical (unpaired) electrons. The molecule has 0 aliphatic carbocycles. The van der Waals surface area contributed by atoms with Crippen molar-refractivity contribution in [2.24, 2.45) is 11.7 Å². The average molecular weight is 661 g/mol. The summed E-state index contributed by atoms with van der Waals surface area (Å²) in [5.41, 5.74) is 4.14. The number of nitrogens with zero attached hydrogens (tertiary/aromatic N) is 4. The van der Waals surface area contributed by atoms with Gasteiger partial charge in [-0.15, -0.1) is 0 Å². The van der Waals surface area contributed by atoms with Crippen LogP contribution in [0.15, 0.2) is 0 Å². The Balaban J connectivity index is 3.27. The van der Waals surface area contributed by atoms with Gasteiger partial charge < -0.3 is 0 Å². The number of rotatable bonds is 11. The molecule has 1 saturated heterocycles. The van der Waals surface area contributed by atoms with Crippen LogP contribution in [0, 0.1) is 37.9 Å². The van der Waals surface area contributed by atoms with Crippen molar-refractivity contribution in [2.45, 2.75) is 14.2 Å². The molecule has 1 aliphatic rings. The topological polar surface area (TPSA) is 235 Å². The minimum atomic E-state index is -1.26. The molecule has 9 N–H and O–H groups in total. The van der Waals surface area contributed by atoms with E-state index in [-0.39, 0.29) is 84.8 Å². The van der Waals surface area contributed by atoms with E-state index in [9.17, 15) is 39.3 Å². The number of hydrogen-bond donors (Lipinski definition) is 7. The van der Waals surface area contributed by atoms with Crippen molar-refractivity contribution < 1.29 is 77.2 Å². The second-order valence-electron chi connectivity index (χ2n) is 8.28. The molecule has 17 heteroatoms. The van der Waals surface area contributed by atoms with Gasteiger partial charge in [0.25, 0.3) is 0 Å². The molecule has 0 bridgehead atoms. The molecule has 1 heterocycles. The summed E-state index contributed by atoms with van der Waals surface area (Å²) < 4.78 is -1.26. The van der Waals surface area contributed by atoms with Gasteiger partial charge in [0, 0.05) is 0 Å². The van der Waals surface area contributed by atoms with Gasteiger partial charge in [0.15, 0.2) is 0 Å². The van der Waals surface area contributed by atoms with Gasteiger partial charge in [-0.25, -0.2) is 0 Å². The van der Waals surface area contributed by atoms with E-state index >= 15 is 0 Å². The molecular formula is C19H35GdN8O8. The molecule has 0 saturated carbocycles. The Morgan fingerprint density at radius 3 is 1.36 bits per heavy atom. The fraction of sp³-hybridized carbons (Fsp3) is 0.737. The van der Waals surface area contributed by atoms with Crippen LogP contribution in [0.5, 0.6) is 0 Å². The summed E-state index contributed by atoms with van der Waals surface area (Å²) in [6, 6.07) is 0. The van der Waals surface area contributed by atoms with Crippen LogP contribution in [0.25, 0.3) is 0 Å². The van der Waals surface area contributed by atoms with Crippen LogP contribution in [0.4, 0.5) is 0 Å². The van der Waals surface area contributed by atoms with Crippen molar-refractivity contribution >= 4 is 29.7 Å². The molecule has 0 aromatic rings. The molecule has 16 nitrogen and oxygen atoms in total. The number of carbonyl (C=O) groups excluding carboxylic acids is 2. The Morgan fingerprint density at radius 2 is 1.06 bits per heavy atom. The summed E-state index contributed by atoms with van der Waals surface area (Å²) >= 11 is 1.33. The Kier molecular flexibility index (Phi) is 14.7. The number of hydrogen-bond acceptors (Lipinski definition) is 11. The number of carbonyl (C=O) groups is 5. The van der Waals surface area contributed by atoms with Crippen LogP contribution in [0.3, 0.4) is 0 Å². The first-order valence-corrected chi connectivity index (χ1v) is 12.3. The molecule has 0 unspecified atom stereocenters. The summed E-state index contributed by atoms with van der Waals surface area (Å²) in [6.07, 6.45) is -0.0203. The first-order valence-electron chi connectivity index (χ1n) is 11.2. The average Bonchev–Trinajstić information content (AvgIpc) is 2.80. The maximum absolute atomic E-state index is 12.9. The Morgan fingerprint density at radius 1 is 0.694 bits per heavy atom. The fourth-order valence-electron chi connectivity index (χ4n) is 3.81. The van der Waals surface area contributed by atoms with Crippen LogP contribution < -0.4 is 22.5 Å². The summed E-state index contributed by atoms with van der Waals surface area (Å²) in [5, 5.41) is 27.9. The van der Waals surface area contributed by atoms with Crippen LogP contribution in [-0.2, 0) is 24.0 Å². The molecule has 0 aromatic heterocycles. The van der Waals surface area contributed by atoms with Gasteiger partial charge in [-0.05, 0) is 0 Å². The molecule has 0 spiro atoms. The number of carboxylic acids is 3. The van der Waals surface area contributed by atoms with E-state index in [4.69, 9.17) is 11.7 Å². The van der Waals surface area contributed by atoms with Crippen molar-refractivity contribution in [3.8, 4) is 0 Å². The van der Waals surface area contributed by atoms with Crippen molar-refractivity contribution in [3.63, 3.8) is 0 Å². The van der Waals surface area contributed by atoms with E-state index in [0.717, 1.165) is 0 Å². The summed E-state index contributed by atoms with van der Waals surface area (Å²) in [5.74, 6) is 6.41. The number of amides is 2. The Hall–Kier alpha value is -1.57. The maximum atomic E-state index is 12.9. The van der Waals surface area contributed by atoms with Crippen LogP contribution in [0.2, 0.25) is 0 Å². The molecule has 0 aromatic carbocycles. The molecule has 1 fully saturated rings. The first kappa shape index (κ1) is 32.5. The zero-order chi connectivity index (χ0) is 27.3. The molecule has 1 atom stereocenters. The third-order valence-electron chi connectivity index (χ3n) is 5.72. The van der Waals surface area contributed by atoms with E-state index in [1.807, 2.05) is 5.43 Å². The van der Waals surface area contributed by atoms with Gasteiger partial charge in [-0.2, -0.15) is 0 Å². The normalized spacial score (nSPS) is 19.3. The van der Waals surface area contributed by atoms with Crippen molar-refractivity contribution in [1.29, 1.82) is 0 Å². The van der Waals surface area contributed by atoms with Gasteiger partial charge in [-0.3, -0.25) is 0 Å². The van der Waals surface area contributed by atoms with Crippen molar-refractivity contribution in [1.82, 2.24) is 30.5 Å². The monoisotopic (exact) mass is 661 g/mol. The zero-order valence-electron chi connectivity index (χ0n) is 19.9. The second-order valence-corrected chi connectivity index (χ2v) is 10.2. The van der Waals surface area contributed by atoms with E-state index in [0.29, 0.717) is 0 Å². The third-order valence-corrected chi connectivity index (χ3v) is 7.52. The van der Waals surface area contributed by atoms with Crippen molar-refractivity contribution in [3.05, 3.63) is 0 Å². The third kappa shape index (κ3) is 11.7. The number of carboxylic acid groups (broad SMARTS) is 3. The minimum absolute atomic E-state index is 0.0573. The van der Waals surface area contributed by atoms with Crippen LogP contribution >= 0.6 is 0 Å². The molecule has 1 rings (SSSR count). The Bertz CT molecular complexity index is 759. The predicted octanol–water partition coefficient (Wildman–Crippen LogP) is -4.53. The zero-order valence-corrected chi connectivity index (χ0v) is 22.1. The van der Waals surface area contributed by atoms with Gasteiger partial charge in [0.05, 0.1) is 0 Å². The van der Waals surface area contributed by atoms with E-state index in [1.54, 1.807) is 19.6 Å². The van der Waals surface area contributed by atoms with Gasteiger partial charge in [-0.1, -0.05) is 0 Å². The molecule has 1 aliphatic heterocycles. The SMILES string of the molecule is NNC(=O)CC[C@@]([Gd])(C(=O)NN)N1CCN(CC(=O)O)CCN(CC(=O)O)CCN(CC(=O)O)CC1. The number of nitrogens with one attached hydrogen (secondary N) is 2. The summed E-state index contributed by atoms with van der Waals surface area (Å²) in [6.45, 7) is 0.956. The quantitative estimate of drug-likeness (QED) is 0.0629. The number of aliphatic carboxylic acids is 3.